The monoisotopic (exact) mass is 163 g/mol. The molecule has 0 atom stereocenters. The van der Waals surface area contributed by atoms with Crippen LogP contribution in [-0.2, 0) is 0 Å². The Morgan fingerprint density at radius 1 is 1.40 bits per heavy atom. The summed E-state index contributed by atoms with van der Waals surface area (Å²) in [6.07, 6.45) is 3.74. The zero-order valence-corrected chi connectivity index (χ0v) is 6.78. The molecule has 1 heterocycles. The number of hydrogen-bond donors (Lipinski definition) is 2. The highest BCUT2D eigenvalue weighted by Crippen LogP contribution is 2.37. The van der Waals surface area contributed by atoms with Gasteiger partial charge < -0.3 is 10.4 Å². The highest BCUT2D eigenvalue weighted by molar-refractivity contribution is 5.85. The van der Waals surface area contributed by atoms with Crippen molar-refractivity contribution < 1.29 is 5.11 Å². The first-order valence-electron chi connectivity index (χ1n) is 3.72. The average Bonchev–Trinajstić information content (AvgIpc) is 2.46. The molecule has 0 aromatic heterocycles. The summed E-state index contributed by atoms with van der Waals surface area (Å²) in [5, 5.41) is 12.6. The van der Waals surface area contributed by atoms with Crippen molar-refractivity contribution in [2.24, 2.45) is 5.92 Å². The molecule has 2 N–H and O–H groups in total. The maximum Gasteiger partial charge on any atom is 0.0897 e. The Bertz CT molecular complexity index is 121. The summed E-state index contributed by atoms with van der Waals surface area (Å²) in [6.45, 7) is 1.65. The van der Waals surface area contributed by atoms with Gasteiger partial charge in [-0.05, 0) is 12.3 Å². The summed E-state index contributed by atoms with van der Waals surface area (Å²) in [5.41, 5.74) is -0.304. The van der Waals surface area contributed by atoms with Crippen molar-refractivity contribution in [3.63, 3.8) is 0 Å². The fourth-order valence-electron chi connectivity index (χ4n) is 1.42. The fraction of sp³-hybridized carbons (Fsp3) is 1.00. The van der Waals surface area contributed by atoms with Gasteiger partial charge in [0.15, 0.2) is 0 Å². The van der Waals surface area contributed by atoms with Gasteiger partial charge >= 0.3 is 0 Å². The highest BCUT2D eigenvalue weighted by atomic mass is 35.5. The first-order chi connectivity index (χ1) is 4.29. The Labute approximate surface area is 67.4 Å². The summed E-state index contributed by atoms with van der Waals surface area (Å²) in [7, 11) is 0. The summed E-state index contributed by atoms with van der Waals surface area (Å²) >= 11 is 0. The molecule has 0 spiro atoms. The van der Waals surface area contributed by atoms with Crippen LogP contribution < -0.4 is 5.32 Å². The number of halogens is 1. The minimum Gasteiger partial charge on any atom is -0.387 e. The molecule has 0 aromatic rings. The van der Waals surface area contributed by atoms with E-state index in [2.05, 4.69) is 5.32 Å². The van der Waals surface area contributed by atoms with Crippen molar-refractivity contribution in [1.82, 2.24) is 5.32 Å². The van der Waals surface area contributed by atoms with E-state index < -0.39 is 0 Å². The first-order valence-corrected chi connectivity index (χ1v) is 3.72. The van der Waals surface area contributed by atoms with Crippen molar-refractivity contribution in [2.45, 2.75) is 24.9 Å². The number of aliphatic hydroxyl groups is 1. The van der Waals surface area contributed by atoms with Gasteiger partial charge in [-0.3, -0.25) is 0 Å². The molecule has 1 saturated heterocycles. The standard InChI is InChI=1S/C7H13NO.ClH/c9-7(4-8-5-7)3-6-1-2-6;/h6,8-9H,1-5H2;1H. The molecular weight excluding hydrogens is 150 g/mol. The van der Waals surface area contributed by atoms with Crippen LogP contribution in [0.3, 0.4) is 0 Å². The summed E-state index contributed by atoms with van der Waals surface area (Å²) < 4.78 is 0. The lowest BCUT2D eigenvalue weighted by Gasteiger charge is -2.37. The van der Waals surface area contributed by atoms with Gasteiger partial charge in [0.1, 0.15) is 0 Å². The molecule has 10 heavy (non-hydrogen) atoms. The molecule has 1 saturated carbocycles. The number of β-amino-alcohol motifs (C(OH)–C–C–N with tert-alkyl or cyclic N) is 1. The SMILES string of the molecule is Cl.OC1(CC2CC2)CNC1. The zero-order valence-electron chi connectivity index (χ0n) is 5.97. The second kappa shape index (κ2) is 2.68. The van der Waals surface area contributed by atoms with E-state index in [1.54, 1.807) is 0 Å². The van der Waals surface area contributed by atoms with Crippen molar-refractivity contribution in [3.8, 4) is 0 Å². The van der Waals surface area contributed by atoms with Crippen LogP contribution in [0.1, 0.15) is 19.3 Å². The van der Waals surface area contributed by atoms with Crippen molar-refractivity contribution in [3.05, 3.63) is 0 Å². The lowest BCUT2D eigenvalue weighted by molar-refractivity contribution is -0.0217. The van der Waals surface area contributed by atoms with Crippen LogP contribution in [0.5, 0.6) is 0 Å². The van der Waals surface area contributed by atoms with Crippen LogP contribution in [0.25, 0.3) is 0 Å². The van der Waals surface area contributed by atoms with Crippen LogP contribution in [-0.4, -0.2) is 23.8 Å². The average molecular weight is 164 g/mol. The van der Waals surface area contributed by atoms with E-state index in [-0.39, 0.29) is 18.0 Å². The molecule has 0 aromatic carbocycles. The quantitative estimate of drug-likeness (QED) is 0.623. The van der Waals surface area contributed by atoms with Gasteiger partial charge in [0.2, 0.25) is 0 Å². The zero-order chi connectivity index (χ0) is 6.32. The highest BCUT2D eigenvalue weighted by Gasteiger charge is 2.39. The second-order valence-corrected chi connectivity index (χ2v) is 3.48. The van der Waals surface area contributed by atoms with E-state index in [1.165, 1.54) is 12.8 Å². The number of nitrogens with one attached hydrogen (secondary N) is 1. The van der Waals surface area contributed by atoms with E-state index in [9.17, 15) is 5.11 Å². The summed E-state index contributed by atoms with van der Waals surface area (Å²) in [5.74, 6) is 0.858. The Balaban J connectivity index is 0.000000500. The van der Waals surface area contributed by atoms with Crippen LogP contribution in [0.15, 0.2) is 0 Å². The van der Waals surface area contributed by atoms with Gasteiger partial charge in [0.05, 0.1) is 5.60 Å². The largest absolute Gasteiger partial charge is 0.387 e. The number of hydrogen-bond acceptors (Lipinski definition) is 2. The summed E-state index contributed by atoms with van der Waals surface area (Å²) in [4.78, 5) is 0. The van der Waals surface area contributed by atoms with E-state index in [4.69, 9.17) is 0 Å². The van der Waals surface area contributed by atoms with Crippen molar-refractivity contribution in [2.75, 3.05) is 13.1 Å². The minimum atomic E-state index is -0.304. The van der Waals surface area contributed by atoms with E-state index in [0.29, 0.717) is 0 Å². The third-order valence-electron chi connectivity index (χ3n) is 2.27. The van der Waals surface area contributed by atoms with Crippen LogP contribution in [0.4, 0.5) is 0 Å². The molecule has 60 valence electrons. The predicted molar refractivity (Wildman–Crippen MR) is 42.4 cm³/mol. The van der Waals surface area contributed by atoms with Gasteiger partial charge in [-0.15, -0.1) is 12.4 Å². The maximum atomic E-state index is 9.56. The molecule has 2 aliphatic rings. The molecule has 0 radical (unpaired) electrons. The third kappa shape index (κ3) is 1.62. The molecule has 0 unspecified atom stereocenters. The van der Waals surface area contributed by atoms with Crippen molar-refractivity contribution >= 4 is 12.4 Å². The Hall–Kier alpha value is 0.210. The molecule has 0 bridgehead atoms. The fourth-order valence-corrected chi connectivity index (χ4v) is 1.42. The number of rotatable bonds is 2. The molecule has 2 rings (SSSR count). The van der Waals surface area contributed by atoms with Gasteiger partial charge in [-0.1, -0.05) is 12.8 Å². The van der Waals surface area contributed by atoms with E-state index in [0.717, 1.165) is 25.4 Å². The molecule has 1 aliphatic carbocycles. The molecule has 2 nitrogen and oxygen atoms in total. The Kier molecular flexibility index (Phi) is 2.23. The predicted octanol–water partition coefficient (Wildman–Crippen LogP) is 0.543. The van der Waals surface area contributed by atoms with E-state index >= 15 is 0 Å². The van der Waals surface area contributed by atoms with Gasteiger partial charge in [-0.2, -0.15) is 0 Å². The van der Waals surface area contributed by atoms with Gasteiger partial charge in [0.25, 0.3) is 0 Å². The van der Waals surface area contributed by atoms with Gasteiger partial charge in [0, 0.05) is 13.1 Å². The van der Waals surface area contributed by atoms with Crippen LogP contribution >= 0.6 is 12.4 Å². The maximum absolute atomic E-state index is 9.56. The smallest absolute Gasteiger partial charge is 0.0897 e. The van der Waals surface area contributed by atoms with Crippen LogP contribution in [0.2, 0.25) is 0 Å². The summed E-state index contributed by atoms with van der Waals surface area (Å²) in [6, 6.07) is 0. The Morgan fingerprint density at radius 3 is 2.30 bits per heavy atom. The normalized spacial score (nSPS) is 28.5. The molecular formula is C7H14ClNO. The van der Waals surface area contributed by atoms with Crippen molar-refractivity contribution in [1.29, 1.82) is 0 Å². The molecule has 2 fully saturated rings. The van der Waals surface area contributed by atoms with Gasteiger partial charge in [-0.25, -0.2) is 0 Å². The second-order valence-electron chi connectivity index (χ2n) is 3.48. The first kappa shape index (κ1) is 8.31. The van der Waals surface area contributed by atoms with E-state index in [1.807, 2.05) is 0 Å². The topological polar surface area (TPSA) is 32.3 Å². The molecule has 3 heteroatoms. The Morgan fingerprint density at radius 2 is 2.00 bits per heavy atom. The minimum absolute atomic E-state index is 0. The lowest BCUT2D eigenvalue weighted by atomic mass is 9.91. The van der Waals surface area contributed by atoms with Crippen LogP contribution in [0, 0.1) is 5.92 Å². The lowest BCUT2D eigenvalue weighted by Crippen LogP contribution is -2.59. The molecule has 0 amide bonds. The molecule has 1 aliphatic heterocycles. The third-order valence-corrected chi connectivity index (χ3v) is 2.27.